The van der Waals surface area contributed by atoms with Gasteiger partial charge in [0.1, 0.15) is 11.6 Å². The van der Waals surface area contributed by atoms with E-state index >= 15 is 0 Å². The lowest BCUT2D eigenvalue weighted by Gasteiger charge is -2.08. The smallest absolute Gasteiger partial charge is 0.450 e. The van der Waals surface area contributed by atoms with Crippen LogP contribution in [-0.2, 0) is 6.18 Å². The number of nitrogens with two attached hydrogens (primary N) is 3. The third-order valence-electron chi connectivity index (χ3n) is 3.19. The number of hydrogen-bond acceptors (Lipinski definition) is 8. The van der Waals surface area contributed by atoms with Gasteiger partial charge in [0.15, 0.2) is 0 Å². The van der Waals surface area contributed by atoms with E-state index in [1.165, 1.54) is 42.6 Å². The summed E-state index contributed by atoms with van der Waals surface area (Å²) in [7, 11) is 0. The van der Waals surface area contributed by atoms with Crippen molar-refractivity contribution in [1.82, 2.24) is 9.97 Å². The number of rotatable bonds is 2. The van der Waals surface area contributed by atoms with Gasteiger partial charge in [-0.05, 0) is 60.4 Å². The van der Waals surface area contributed by atoms with Crippen LogP contribution in [0.15, 0.2) is 54.7 Å². The van der Waals surface area contributed by atoms with Crippen molar-refractivity contribution in [1.29, 1.82) is 0 Å². The highest BCUT2D eigenvalue weighted by molar-refractivity contribution is 5.62. The first-order valence-corrected chi connectivity index (χ1v) is 12.2. The standard InChI is InChI=1S/C11H9F3N4.C6H7FN2.2C4H10.2CH2O3/c12-11(13,14)7-1-3-8(4-2-7)17-10-16-6-5-9(15)18-10;7-4-1-2-5(8)6(9)3-4;2*1-4(2)3;2*2-1(3)4/h1-6H,(H3,15,16,17,18);1-3H,8-9H2;2*4H,1-3H3;2*(H2,2,3,4). The zero-order chi connectivity index (χ0) is 34.3. The Morgan fingerprint density at radius 1 is 0.767 bits per heavy atom. The van der Waals surface area contributed by atoms with Crippen LogP contribution >= 0.6 is 0 Å². The number of nitrogens with zero attached hydrogens (tertiary/aromatic N) is 2. The summed E-state index contributed by atoms with van der Waals surface area (Å²) in [6.07, 6.45) is -6.55. The van der Waals surface area contributed by atoms with E-state index < -0.39 is 24.1 Å². The van der Waals surface area contributed by atoms with E-state index in [-0.39, 0.29) is 23.3 Å². The van der Waals surface area contributed by atoms with E-state index in [2.05, 4.69) is 56.8 Å². The van der Waals surface area contributed by atoms with Gasteiger partial charge in [-0.2, -0.15) is 18.2 Å². The molecule has 11 N–H and O–H groups in total. The number of anilines is 5. The Bertz CT molecular complexity index is 1170. The fourth-order valence-corrected chi connectivity index (χ4v) is 1.85. The quantitative estimate of drug-likeness (QED) is 0.102. The van der Waals surface area contributed by atoms with Crippen molar-refractivity contribution in [2.75, 3.05) is 22.5 Å². The second-order valence-corrected chi connectivity index (χ2v) is 9.31. The summed E-state index contributed by atoms with van der Waals surface area (Å²) in [5.74, 6) is 1.82. The highest BCUT2D eigenvalue weighted by atomic mass is 19.4. The molecule has 0 bridgehead atoms. The van der Waals surface area contributed by atoms with Crippen LogP contribution in [0.5, 0.6) is 0 Å². The molecule has 3 aromatic rings. The van der Waals surface area contributed by atoms with Gasteiger partial charge in [0, 0.05) is 11.9 Å². The van der Waals surface area contributed by atoms with Gasteiger partial charge in [0.05, 0.1) is 16.9 Å². The summed E-state index contributed by atoms with van der Waals surface area (Å²) in [6, 6.07) is 9.97. The SMILES string of the molecule is CC(C)C.CC(C)C.Nc1ccc(F)cc1N.Nc1ccnc(Nc2ccc(C(F)(F)F)cc2)n1.O=C(O)O.O=C(O)O. The van der Waals surface area contributed by atoms with Crippen molar-refractivity contribution in [3.63, 3.8) is 0 Å². The molecule has 0 radical (unpaired) electrons. The average molecular weight is 621 g/mol. The minimum atomic E-state index is -4.34. The Balaban J connectivity index is -0.000000533. The number of hydrogen-bond donors (Lipinski definition) is 8. The molecule has 0 atom stereocenters. The minimum Gasteiger partial charge on any atom is -0.450 e. The number of halogens is 4. The Morgan fingerprint density at radius 2 is 1.19 bits per heavy atom. The van der Waals surface area contributed by atoms with Gasteiger partial charge in [-0.15, -0.1) is 0 Å². The second-order valence-electron chi connectivity index (χ2n) is 9.31. The van der Waals surface area contributed by atoms with Gasteiger partial charge in [-0.3, -0.25) is 0 Å². The Labute approximate surface area is 247 Å². The molecule has 0 amide bonds. The third kappa shape index (κ3) is 31.4. The van der Waals surface area contributed by atoms with Gasteiger partial charge in [-0.1, -0.05) is 41.5 Å². The largest absolute Gasteiger partial charge is 0.503 e. The zero-order valence-corrected chi connectivity index (χ0v) is 24.6. The molecule has 0 saturated carbocycles. The highest BCUT2D eigenvalue weighted by Crippen LogP contribution is 2.30. The van der Waals surface area contributed by atoms with Gasteiger partial charge in [-0.25, -0.2) is 19.0 Å². The van der Waals surface area contributed by atoms with Crippen LogP contribution in [0, 0.1) is 17.7 Å². The fraction of sp³-hybridized carbons (Fsp3) is 0.333. The Hall–Kier alpha value is -5.02. The molecule has 3 rings (SSSR count). The maximum Gasteiger partial charge on any atom is 0.503 e. The van der Waals surface area contributed by atoms with Gasteiger partial charge in [0.2, 0.25) is 5.95 Å². The molecule has 0 unspecified atom stereocenters. The van der Waals surface area contributed by atoms with E-state index in [0.29, 0.717) is 11.4 Å². The number of nitrogens with one attached hydrogen (secondary N) is 1. The van der Waals surface area contributed by atoms with Crippen LogP contribution in [-0.4, -0.2) is 42.7 Å². The van der Waals surface area contributed by atoms with Crippen molar-refractivity contribution >= 4 is 41.1 Å². The molecule has 0 aliphatic heterocycles. The first-order valence-electron chi connectivity index (χ1n) is 12.2. The predicted molar refractivity (Wildman–Crippen MR) is 159 cm³/mol. The van der Waals surface area contributed by atoms with E-state index in [1.54, 1.807) is 0 Å². The number of nitrogen functional groups attached to an aromatic ring is 3. The fourth-order valence-electron chi connectivity index (χ4n) is 1.85. The van der Waals surface area contributed by atoms with Crippen molar-refractivity contribution in [2.45, 2.75) is 47.7 Å². The molecule has 0 fully saturated rings. The van der Waals surface area contributed by atoms with Gasteiger partial charge >= 0.3 is 18.5 Å². The molecule has 1 aromatic heterocycles. The lowest BCUT2D eigenvalue weighted by Crippen LogP contribution is -2.05. The first kappa shape index (κ1) is 42.4. The van der Waals surface area contributed by atoms with Crippen molar-refractivity contribution < 1.29 is 47.6 Å². The van der Waals surface area contributed by atoms with E-state index in [4.69, 9.17) is 47.2 Å². The molecule has 0 aliphatic carbocycles. The van der Waals surface area contributed by atoms with Crippen LogP contribution < -0.4 is 22.5 Å². The molecule has 242 valence electrons. The zero-order valence-electron chi connectivity index (χ0n) is 24.6. The molecule has 16 heteroatoms. The van der Waals surface area contributed by atoms with Crippen LogP contribution in [0.1, 0.15) is 47.1 Å². The van der Waals surface area contributed by atoms with Crippen LogP contribution in [0.2, 0.25) is 0 Å². The summed E-state index contributed by atoms with van der Waals surface area (Å²) in [5, 5.41) is 30.6. The number of carboxylic acid groups (broad SMARTS) is 4. The summed E-state index contributed by atoms with van der Waals surface area (Å²) < 4.78 is 49.2. The lowest BCUT2D eigenvalue weighted by atomic mass is 10.2. The maximum atomic E-state index is 12.3. The molecule has 43 heavy (non-hydrogen) atoms. The number of carbonyl (C=O) groups is 2. The van der Waals surface area contributed by atoms with Crippen molar-refractivity contribution in [3.05, 3.63) is 66.1 Å². The minimum absolute atomic E-state index is 0.231. The monoisotopic (exact) mass is 620 g/mol. The Kier molecular flexibility index (Phi) is 22.4. The molecular weight excluding hydrogens is 580 g/mol. The maximum absolute atomic E-state index is 12.3. The summed E-state index contributed by atoms with van der Waals surface area (Å²) in [5.41, 5.74) is 16.5. The van der Waals surface area contributed by atoms with Crippen molar-refractivity contribution in [3.8, 4) is 0 Å². The molecular formula is C27H40F4N6O6. The van der Waals surface area contributed by atoms with E-state index in [1.807, 2.05) is 0 Å². The van der Waals surface area contributed by atoms with Gasteiger partial charge < -0.3 is 42.9 Å². The van der Waals surface area contributed by atoms with Crippen LogP contribution in [0.3, 0.4) is 0 Å². The number of alkyl halides is 3. The van der Waals surface area contributed by atoms with E-state index in [9.17, 15) is 17.6 Å². The molecule has 12 nitrogen and oxygen atoms in total. The highest BCUT2D eigenvalue weighted by Gasteiger charge is 2.29. The predicted octanol–water partition coefficient (Wildman–Crippen LogP) is 7.58. The van der Waals surface area contributed by atoms with Gasteiger partial charge in [0.25, 0.3) is 0 Å². The van der Waals surface area contributed by atoms with Crippen LogP contribution in [0.4, 0.5) is 56.0 Å². The average Bonchev–Trinajstić information content (AvgIpc) is 2.80. The number of aromatic nitrogens is 2. The topological polar surface area (TPSA) is 231 Å². The summed E-state index contributed by atoms with van der Waals surface area (Å²) >= 11 is 0. The van der Waals surface area contributed by atoms with Crippen LogP contribution in [0.25, 0.3) is 0 Å². The van der Waals surface area contributed by atoms with Crippen molar-refractivity contribution in [2.24, 2.45) is 11.8 Å². The molecule has 0 aliphatic rings. The normalized spacial score (nSPS) is 9.49. The molecule has 0 saturated heterocycles. The second kappa shape index (κ2) is 22.6. The first-order chi connectivity index (χ1) is 19.6. The lowest BCUT2D eigenvalue weighted by molar-refractivity contribution is -0.137. The van der Waals surface area contributed by atoms with E-state index in [0.717, 1.165) is 24.0 Å². The molecule has 0 spiro atoms. The number of benzene rings is 2. The molecule has 2 aromatic carbocycles. The molecule has 1 heterocycles. The Morgan fingerprint density at radius 3 is 1.51 bits per heavy atom. The summed E-state index contributed by atoms with van der Waals surface area (Å²) in [6.45, 7) is 13.0. The third-order valence-corrected chi connectivity index (χ3v) is 3.19. The summed E-state index contributed by atoms with van der Waals surface area (Å²) in [4.78, 5) is 24.9.